The molecular weight excluding hydrogens is 144 g/mol. The fourth-order valence-electron chi connectivity index (χ4n) is 2.92. The Hall–Kier alpha value is -0.570. The van der Waals surface area contributed by atoms with Gasteiger partial charge in [0.15, 0.2) is 0 Å². The van der Waals surface area contributed by atoms with Crippen molar-refractivity contribution in [3.05, 3.63) is 0 Å². The van der Waals surface area contributed by atoms with Crippen LogP contribution in [0.5, 0.6) is 0 Å². The molecule has 3 aliphatic rings. The van der Waals surface area contributed by atoms with Gasteiger partial charge in [-0.3, -0.25) is 4.79 Å². The summed E-state index contributed by atoms with van der Waals surface area (Å²) in [6.45, 7) is 0. The van der Waals surface area contributed by atoms with E-state index >= 15 is 0 Å². The largest absolute Gasteiger partial charge is 0.459 e. The van der Waals surface area contributed by atoms with E-state index in [1.165, 1.54) is 0 Å². The lowest BCUT2D eigenvalue weighted by molar-refractivity contribution is -0.145. The third-order valence-electron chi connectivity index (χ3n) is 3.44. The second kappa shape index (κ2) is 1.61. The molecule has 0 aromatic heterocycles. The zero-order valence-corrected chi connectivity index (χ0v) is 6.06. The van der Waals surface area contributed by atoms with Gasteiger partial charge in [0.25, 0.3) is 0 Å². The van der Waals surface area contributed by atoms with Crippen molar-refractivity contribution in [1.29, 1.82) is 0 Å². The first-order valence-electron chi connectivity index (χ1n) is 4.16. The molecule has 5 atom stereocenters. The predicted molar refractivity (Wildman–Crippen MR) is 35.6 cm³/mol. The van der Waals surface area contributed by atoms with Crippen LogP contribution in [0.2, 0.25) is 0 Å². The van der Waals surface area contributed by atoms with Gasteiger partial charge in [-0.25, -0.2) is 0 Å². The Bertz CT molecular complexity index is 225. The number of hydrogen-bond donors (Lipinski definition) is 1. The maximum Gasteiger partial charge on any atom is 0.309 e. The molecule has 3 fully saturated rings. The molecule has 11 heavy (non-hydrogen) atoms. The van der Waals surface area contributed by atoms with Crippen LogP contribution in [-0.4, -0.2) is 23.3 Å². The molecule has 0 unspecified atom stereocenters. The molecule has 1 heterocycles. The zero-order valence-electron chi connectivity index (χ0n) is 6.06. The SMILES string of the molecule is O=C1O[C@H]2[C@@H](O)[C@H]3C[C@@H]2[C@@H]1C3. The van der Waals surface area contributed by atoms with Crippen LogP contribution < -0.4 is 0 Å². The van der Waals surface area contributed by atoms with E-state index in [0.29, 0.717) is 11.8 Å². The molecule has 2 saturated carbocycles. The first-order chi connectivity index (χ1) is 5.27. The summed E-state index contributed by atoms with van der Waals surface area (Å²) >= 11 is 0. The van der Waals surface area contributed by atoms with E-state index in [0.717, 1.165) is 12.8 Å². The Labute approximate surface area is 64.3 Å². The highest BCUT2D eigenvalue weighted by molar-refractivity contribution is 5.76. The molecule has 2 aliphatic carbocycles. The quantitative estimate of drug-likeness (QED) is 0.497. The average Bonchev–Trinajstić information content (AvgIpc) is 2.53. The third kappa shape index (κ3) is 0.527. The van der Waals surface area contributed by atoms with Crippen molar-refractivity contribution in [2.45, 2.75) is 25.0 Å². The van der Waals surface area contributed by atoms with Crippen molar-refractivity contribution in [1.82, 2.24) is 0 Å². The van der Waals surface area contributed by atoms with Gasteiger partial charge in [0.1, 0.15) is 6.10 Å². The van der Waals surface area contributed by atoms with Gasteiger partial charge in [0.05, 0.1) is 12.0 Å². The van der Waals surface area contributed by atoms with Gasteiger partial charge in [-0.15, -0.1) is 0 Å². The van der Waals surface area contributed by atoms with E-state index in [-0.39, 0.29) is 24.1 Å². The van der Waals surface area contributed by atoms with Crippen LogP contribution in [0.4, 0.5) is 0 Å². The minimum atomic E-state index is -0.359. The van der Waals surface area contributed by atoms with E-state index in [1.54, 1.807) is 0 Å². The Morgan fingerprint density at radius 1 is 1.45 bits per heavy atom. The molecule has 0 radical (unpaired) electrons. The Morgan fingerprint density at radius 3 is 2.91 bits per heavy atom. The summed E-state index contributed by atoms with van der Waals surface area (Å²) < 4.78 is 5.06. The summed E-state index contributed by atoms with van der Waals surface area (Å²) in [5, 5.41) is 9.55. The lowest BCUT2D eigenvalue weighted by atomic mass is 9.88. The molecule has 0 amide bonds. The molecule has 3 heteroatoms. The number of esters is 1. The maximum atomic E-state index is 11.1. The number of hydrogen-bond acceptors (Lipinski definition) is 3. The van der Waals surface area contributed by atoms with Gasteiger partial charge in [-0.2, -0.15) is 0 Å². The first-order valence-corrected chi connectivity index (χ1v) is 4.16. The van der Waals surface area contributed by atoms with Crippen molar-refractivity contribution in [2.24, 2.45) is 17.8 Å². The van der Waals surface area contributed by atoms with Crippen molar-refractivity contribution in [2.75, 3.05) is 0 Å². The fraction of sp³-hybridized carbons (Fsp3) is 0.875. The number of aliphatic hydroxyl groups excluding tert-OH is 1. The van der Waals surface area contributed by atoms with Gasteiger partial charge >= 0.3 is 5.97 Å². The van der Waals surface area contributed by atoms with Gasteiger partial charge in [-0.1, -0.05) is 0 Å². The molecule has 0 aromatic carbocycles. The predicted octanol–water partition coefficient (Wildman–Crippen LogP) is -0.0713. The number of fused-ring (bicyclic) bond motifs is 1. The highest BCUT2D eigenvalue weighted by Gasteiger charge is 2.61. The van der Waals surface area contributed by atoms with Crippen molar-refractivity contribution >= 4 is 5.97 Å². The molecular formula is C8H10O3. The molecule has 1 aliphatic heterocycles. The highest BCUT2D eigenvalue weighted by Crippen LogP contribution is 2.54. The number of rotatable bonds is 0. The lowest BCUT2D eigenvalue weighted by Gasteiger charge is -2.19. The molecule has 3 nitrogen and oxygen atoms in total. The maximum absolute atomic E-state index is 11.1. The topological polar surface area (TPSA) is 46.5 Å². The summed E-state index contributed by atoms with van der Waals surface area (Å²) in [5.41, 5.74) is 0. The van der Waals surface area contributed by atoms with Crippen molar-refractivity contribution in [3.8, 4) is 0 Å². The second-order valence-corrected chi connectivity index (χ2v) is 3.89. The molecule has 1 saturated heterocycles. The van der Waals surface area contributed by atoms with Crippen LogP contribution >= 0.6 is 0 Å². The van der Waals surface area contributed by atoms with E-state index in [9.17, 15) is 9.90 Å². The van der Waals surface area contributed by atoms with E-state index in [4.69, 9.17) is 4.74 Å². The van der Waals surface area contributed by atoms with Crippen LogP contribution in [0.25, 0.3) is 0 Å². The lowest BCUT2D eigenvalue weighted by Crippen LogP contribution is -2.31. The minimum absolute atomic E-state index is 0.0703. The van der Waals surface area contributed by atoms with Crippen LogP contribution in [0.15, 0.2) is 0 Å². The Morgan fingerprint density at radius 2 is 2.27 bits per heavy atom. The van der Waals surface area contributed by atoms with Gasteiger partial charge in [0.2, 0.25) is 0 Å². The zero-order chi connectivity index (χ0) is 7.59. The summed E-state index contributed by atoms with van der Waals surface area (Å²) in [6.07, 6.45) is 1.36. The normalized spacial score (nSPS) is 58.6. The van der Waals surface area contributed by atoms with E-state index in [1.807, 2.05) is 0 Å². The van der Waals surface area contributed by atoms with Gasteiger partial charge in [0, 0.05) is 5.92 Å². The Balaban J connectivity index is 2.04. The van der Waals surface area contributed by atoms with Gasteiger partial charge in [-0.05, 0) is 18.8 Å². The average molecular weight is 154 g/mol. The smallest absolute Gasteiger partial charge is 0.309 e. The molecule has 3 rings (SSSR count). The van der Waals surface area contributed by atoms with Crippen molar-refractivity contribution in [3.63, 3.8) is 0 Å². The standard InChI is InChI=1S/C8H10O3/c9-6-3-1-4-5(2-3)8(10)11-7(4)6/h3-7,9H,1-2H2/t3-,4+,5-,6-,7+/m0/s1. The molecule has 0 spiro atoms. The highest BCUT2D eigenvalue weighted by atomic mass is 16.6. The van der Waals surface area contributed by atoms with Crippen molar-refractivity contribution < 1.29 is 14.6 Å². The minimum Gasteiger partial charge on any atom is -0.459 e. The second-order valence-electron chi connectivity index (χ2n) is 3.89. The van der Waals surface area contributed by atoms with Crippen LogP contribution in [0.1, 0.15) is 12.8 Å². The van der Waals surface area contributed by atoms with Crippen LogP contribution in [-0.2, 0) is 9.53 Å². The summed E-state index contributed by atoms with van der Waals surface area (Å²) in [5.74, 6) is 0.761. The summed E-state index contributed by atoms with van der Waals surface area (Å²) in [4.78, 5) is 11.1. The van der Waals surface area contributed by atoms with Gasteiger partial charge < -0.3 is 9.84 Å². The fourth-order valence-corrected chi connectivity index (χ4v) is 2.92. The van der Waals surface area contributed by atoms with E-state index < -0.39 is 0 Å². The Kier molecular flexibility index (Phi) is 0.876. The summed E-state index contributed by atoms with van der Waals surface area (Å²) in [7, 11) is 0. The molecule has 2 bridgehead atoms. The summed E-state index contributed by atoms with van der Waals surface area (Å²) in [6, 6.07) is 0. The number of ether oxygens (including phenoxy) is 1. The molecule has 60 valence electrons. The number of carbonyl (C=O) groups excluding carboxylic acids is 1. The first kappa shape index (κ1) is 6.00. The third-order valence-corrected chi connectivity index (χ3v) is 3.44. The molecule has 0 aromatic rings. The van der Waals surface area contributed by atoms with Crippen LogP contribution in [0.3, 0.4) is 0 Å². The number of aliphatic hydroxyl groups is 1. The molecule has 1 N–H and O–H groups in total. The van der Waals surface area contributed by atoms with E-state index in [2.05, 4.69) is 0 Å². The monoisotopic (exact) mass is 154 g/mol. The number of carbonyl (C=O) groups is 1. The van der Waals surface area contributed by atoms with Crippen LogP contribution in [0, 0.1) is 17.8 Å².